The number of carbonyl (C=O) groups is 1. The second-order valence-corrected chi connectivity index (χ2v) is 6.02. The highest BCUT2D eigenvalue weighted by Crippen LogP contribution is 2.26. The van der Waals surface area contributed by atoms with E-state index in [0.717, 1.165) is 4.88 Å². The first-order valence-corrected chi connectivity index (χ1v) is 7.22. The van der Waals surface area contributed by atoms with Gasteiger partial charge in [0, 0.05) is 22.7 Å². The number of rotatable bonds is 4. The maximum atomic E-state index is 11.9. The Morgan fingerprint density at radius 2 is 2.14 bits per heavy atom. The lowest BCUT2D eigenvalue weighted by Crippen LogP contribution is -2.30. The van der Waals surface area contributed by atoms with E-state index in [1.54, 1.807) is 12.1 Å². The van der Waals surface area contributed by atoms with Crippen LogP contribution in [0.3, 0.4) is 0 Å². The highest BCUT2D eigenvalue weighted by molar-refractivity contribution is 7.16. The fraction of sp³-hybridized carbons (Fsp3) is 0.154. The van der Waals surface area contributed by atoms with Crippen molar-refractivity contribution in [3.8, 4) is 0 Å². The van der Waals surface area contributed by atoms with Crippen molar-refractivity contribution in [2.45, 2.75) is 13.0 Å². The number of urea groups is 1. The molecular formula is C13H12ClN3O3S. The first-order chi connectivity index (χ1) is 9.95. The Hall–Kier alpha value is -2.12. The lowest BCUT2D eigenvalue weighted by Gasteiger charge is -2.13. The molecule has 2 rings (SSSR count). The van der Waals surface area contributed by atoms with Crippen LogP contribution in [-0.4, -0.2) is 11.0 Å². The lowest BCUT2D eigenvalue weighted by molar-refractivity contribution is -0.384. The monoisotopic (exact) mass is 325 g/mol. The normalized spacial score (nSPS) is 11.7. The summed E-state index contributed by atoms with van der Waals surface area (Å²) in [5, 5.41) is 16.0. The second kappa shape index (κ2) is 6.55. The molecule has 1 heterocycles. The number of non-ortho nitro benzene ring substituents is 1. The van der Waals surface area contributed by atoms with E-state index in [9.17, 15) is 14.9 Å². The van der Waals surface area contributed by atoms with Crippen LogP contribution in [-0.2, 0) is 0 Å². The number of halogens is 1. The molecule has 0 radical (unpaired) electrons. The number of benzene rings is 1. The first kappa shape index (κ1) is 15.3. The Morgan fingerprint density at radius 3 is 2.76 bits per heavy atom. The number of nitrogens with one attached hydrogen (secondary N) is 2. The van der Waals surface area contributed by atoms with Crippen molar-refractivity contribution in [3.63, 3.8) is 0 Å². The van der Waals surface area contributed by atoms with E-state index in [4.69, 9.17) is 11.6 Å². The molecule has 8 heteroatoms. The van der Waals surface area contributed by atoms with Crippen molar-refractivity contribution in [2.24, 2.45) is 0 Å². The third-order valence-electron chi connectivity index (χ3n) is 2.68. The standard InChI is InChI=1S/C13H12ClN3O3S/c1-8(11-5-6-12(14)21-11)15-13(18)16-9-3-2-4-10(7-9)17(19)20/h2-8H,1H3,(H2,15,16,18). The number of hydrogen-bond acceptors (Lipinski definition) is 4. The Bertz CT molecular complexity index is 674. The second-order valence-electron chi connectivity index (χ2n) is 4.27. The molecule has 1 atom stereocenters. The SMILES string of the molecule is CC(NC(=O)Nc1cccc([N+](=O)[O-])c1)c1ccc(Cl)s1. The number of amides is 2. The van der Waals surface area contributed by atoms with Crippen molar-refractivity contribution in [1.82, 2.24) is 5.32 Å². The molecule has 2 amide bonds. The first-order valence-electron chi connectivity index (χ1n) is 6.03. The van der Waals surface area contributed by atoms with Gasteiger partial charge < -0.3 is 10.6 Å². The highest BCUT2D eigenvalue weighted by atomic mass is 35.5. The summed E-state index contributed by atoms with van der Waals surface area (Å²) in [4.78, 5) is 22.9. The Kier molecular flexibility index (Phi) is 4.77. The summed E-state index contributed by atoms with van der Waals surface area (Å²) in [7, 11) is 0. The maximum absolute atomic E-state index is 11.9. The van der Waals surface area contributed by atoms with Gasteiger partial charge in [-0.25, -0.2) is 4.79 Å². The summed E-state index contributed by atoms with van der Waals surface area (Å²) < 4.78 is 0.651. The van der Waals surface area contributed by atoms with E-state index in [2.05, 4.69) is 10.6 Å². The molecule has 2 aromatic rings. The summed E-state index contributed by atoms with van der Waals surface area (Å²) in [5.74, 6) is 0. The van der Waals surface area contributed by atoms with Crippen molar-refractivity contribution < 1.29 is 9.72 Å². The van der Waals surface area contributed by atoms with E-state index in [1.807, 2.05) is 13.0 Å². The van der Waals surface area contributed by atoms with Gasteiger partial charge in [0.25, 0.3) is 5.69 Å². The molecule has 0 bridgehead atoms. The molecular weight excluding hydrogens is 314 g/mol. The Morgan fingerprint density at radius 1 is 1.38 bits per heavy atom. The van der Waals surface area contributed by atoms with Gasteiger partial charge in [0.15, 0.2) is 0 Å². The van der Waals surface area contributed by atoms with Gasteiger partial charge in [0.05, 0.1) is 15.3 Å². The maximum Gasteiger partial charge on any atom is 0.319 e. The molecule has 0 aliphatic heterocycles. The third-order valence-corrected chi connectivity index (χ3v) is 4.10. The topological polar surface area (TPSA) is 84.3 Å². The van der Waals surface area contributed by atoms with Crippen LogP contribution in [0.2, 0.25) is 4.34 Å². The molecule has 0 aliphatic rings. The highest BCUT2D eigenvalue weighted by Gasteiger charge is 2.13. The van der Waals surface area contributed by atoms with Crippen molar-refractivity contribution >= 4 is 40.3 Å². The van der Waals surface area contributed by atoms with Crippen LogP contribution >= 0.6 is 22.9 Å². The zero-order valence-electron chi connectivity index (χ0n) is 11.0. The van der Waals surface area contributed by atoms with Gasteiger partial charge in [-0.2, -0.15) is 0 Å². The summed E-state index contributed by atoms with van der Waals surface area (Å²) in [6, 6.07) is 8.71. The number of thiophene rings is 1. The van der Waals surface area contributed by atoms with Crippen LogP contribution < -0.4 is 10.6 Å². The molecule has 110 valence electrons. The zero-order valence-corrected chi connectivity index (χ0v) is 12.6. The van der Waals surface area contributed by atoms with Gasteiger partial charge in [-0.3, -0.25) is 10.1 Å². The molecule has 1 unspecified atom stereocenters. The summed E-state index contributed by atoms with van der Waals surface area (Å²) in [6.07, 6.45) is 0. The number of anilines is 1. The number of nitrogens with zero attached hydrogens (tertiary/aromatic N) is 1. The van der Waals surface area contributed by atoms with Gasteiger partial charge in [0.2, 0.25) is 0 Å². The van der Waals surface area contributed by atoms with Crippen LogP contribution in [0.1, 0.15) is 17.8 Å². The molecule has 2 N–H and O–H groups in total. The van der Waals surface area contributed by atoms with E-state index < -0.39 is 11.0 Å². The molecule has 0 spiro atoms. The largest absolute Gasteiger partial charge is 0.331 e. The zero-order chi connectivity index (χ0) is 15.4. The van der Waals surface area contributed by atoms with Crippen molar-refractivity contribution in [2.75, 3.05) is 5.32 Å². The molecule has 0 fully saturated rings. The summed E-state index contributed by atoms with van der Waals surface area (Å²) in [6.45, 7) is 1.83. The number of hydrogen-bond donors (Lipinski definition) is 2. The van der Waals surface area contributed by atoms with Gasteiger partial charge in [-0.1, -0.05) is 17.7 Å². The summed E-state index contributed by atoms with van der Waals surface area (Å²) in [5.41, 5.74) is 0.281. The van der Waals surface area contributed by atoms with Crippen molar-refractivity contribution in [1.29, 1.82) is 0 Å². The fourth-order valence-corrected chi connectivity index (χ4v) is 2.76. The predicted molar refractivity (Wildman–Crippen MR) is 83.0 cm³/mol. The van der Waals surface area contributed by atoms with E-state index in [1.165, 1.54) is 29.5 Å². The van der Waals surface area contributed by atoms with Gasteiger partial charge in [0.1, 0.15) is 0 Å². The van der Waals surface area contributed by atoms with Crippen LogP contribution in [0.4, 0.5) is 16.2 Å². The average Bonchev–Trinajstić information content (AvgIpc) is 2.85. The average molecular weight is 326 g/mol. The Labute approximate surface area is 129 Å². The number of nitro benzene ring substituents is 1. The molecule has 21 heavy (non-hydrogen) atoms. The molecule has 6 nitrogen and oxygen atoms in total. The minimum absolute atomic E-state index is 0.0779. The molecule has 0 saturated heterocycles. The minimum Gasteiger partial charge on any atom is -0.331 e. The fourth-order valence-electron chi connectivity index (χ4n) is 1.69. The quantitative estimate of drug-likeness (QED) is 0.653. The minimum atomic E-state index is -0.515. The van der Waals surface area contributed by atoms with E-state index >= 15 is 0 Å². The van der Waals surface area contributed by atoms with Gasteiger partial charge >= 0.3 is 6.03 Å². The van der Waals surface area contributed by atoms with Gasteiger partial charge in [-0.15, -0.1) is 11.3 Å². The van der Waals surface area contributed by atoms with Crippen LogP contribution in [0.15, 0.2) is 36.4 Å². The van der Waals surface area contributed by atoms with E-state index in [0.29, 0.717) is 10.0 Å². The summed E-state index contributed by atoms with van der Waals surface area (Å²) >= 11 is 7.23. The lowest BCUT2D eigenvalue weighted by atomic mass is 10.2. The number of carbonyl (C=O) groups excluding carboxylic acids is 1. The van der Waals surface area contributed by atoms with E-state index in [-0.39, 0.29) is 11.7 Å². The number of nitro groups is 1. The van der Waals surface area contributed by atoms with Crippen LogP contribution in [0.25, 0.3) is 0 Å². The molecule has 0 saturated carbocycles. The van der Waals surface area contributed by atoms with Crippen molar-refractivity contribution in [3.05, 3.63) is 55.7 Å². The predicted octanol–water partition coefficient (Wildman–Crippen LogP) is 4.19. The van der Waals surface area contributed by atoms with Crippen LogP contribution in [0, 0.1) is 10.1 Å². The molecule has 1 aromatic carbocycles. The smallest absolute Gasteiger partial charge is 0.319 e. The third kappa shape index (κ3) is 4.17. The van der Waals surface area contributed by atoms with Crippen LogP contribution in [0.5, 0.6) is 0 Å². The molecule has 1 aromatic heterocycles. The van der Waals surface area contributed by atoms with Gasteiger partial charge in [-0.05, 0) is 25.1 Å². The Balaban J connectivity index is 1.98. The molecule has 0 aliphatic carbocycles.